The summed E-state index contributed by atoms with van der Waals surface area (Å²) < 4.78 is 6.93. The van der Waals surface area contributed by atoms with Gasteiger partial charge in [-0.25, -0.2) is 0 Å². The van der Waals surface area contributed by atoms with Gasteiger partial charge in [0.05, 0.1) is 12.1 Å². The van der Waals surface area contributed by atoms with Gasteiger partial charge in [0.1, 0.15) is 11.4 Å². The Morgan fingerprint density at radius 3 is 2.57 bits per heavy atom. The number of carbonyl (C=O) groups excluding carboxylic acids is 2. The number of hydrogen-bond donors (Lipinski definition) is 1. The second-order valence-corrected chi connectivity index (χ2v) is 7.31. The number of Topliss-reactive ketones (excluding diaryl/α,β-unsaturated/α-hetero) is 1. The Bertz CT molecular complexity index is 1280. The topological polar surface area (TPSA) is 59.8 Å². The molecule has 5 nitrogen and oxygen atoms in total. The number of nitrogens with one attached hydrogen (secondary N) is 1. The minimum absolute atomic E-state index is 0.275. The van der Waals surface area contributed by atoms with Crippen molar-refractivity contribution in [3.63, 3.8) is 0 Å². The van der Waals surface area contributed by atoms with Crippen molar-refractivity contribution in [1.29, 1.82) is 0 Å². The molecule has 0 atom stereocenters. The Hall–Kier alpha value is -3.57. The molecular formula is C24H19ClN2O3. The van der Waals surface area contributed by atoms with Crippen LogP contribution in [-0.2, 0) is 4.79 Å². The Labute approximate surface area is 178 Å². The molecule has 2 aromatic carbocycles. The molecule has 150 valence electrons. The summed E-state index contributed by atoms with van der Waals surface area (Å²) in [6, 6.07) is 20.0. The Balaban J connectivity index is 1.79. The third-order valence-electron chi connectivity index (χ3n) is 4.84. The zero-order chi connectivity index (χ0) is 21.3. The molecule has 0 saturated heterocycles. The van der Waals surface area contributed by atoms with Gasteiger partial charge in [-0.2, -0.15) is 0 Å². The van der Waals surface area contributed by atoms with E-state index in [4.69, 9.17) is 16.3 Å². The zero-order valence-electron chi connectivity index (χ0n) is 16.5. The minimum atomic E-state index is -0.703. The van der Waals surface area contributed by atoms with E-state index < -0.39 is 11.7 Å². The van der Waals surface area contributed by atoms with Crippen LogP contribution >= 0.6 is 11.6 Å². The summed E-state index contributed by atoms with van der Waals surface area (Å²) in [5, 5.41) is 3.12. The molecule has 2 heterocycles. The molecule has 0 unspecified atom stereocenters. The molecule has 30 heavy (non-hydrogen) atoms. The smallest absolute Gasteiger partial charge is 0.298 e. The molecule has 0 saturated carbocycles. The van der Waals surface area contributed by atoms with E-state index in [9.17, 15) is 9.59 Å². The lowest BCUT2D eigenvalue weighted by molar-refractivity contribution is -0.112. The highest BCUT2D eigenvalue weighted by molar-refractivity contribution is 6.47. The normalized spacial score (nSPS) is 10.8. The molecule has 0 spiro atoms. The molecule has 0 aliphatic carbocycles. The number of benzene rings is 2. The number of pyridine rings is 1. The van der Waals surface area contributed by atoms with Gasteiger partial charge in [0.15, 0.2) is 0 Å². The Kier molecular flexibility index (Phi) is 5.29. The average Bonchev–Trinajstić information content (AvgIpc) is 3.12. The first-order valence-corrected chi connectivity index (χ1v) is 9.72. The van der Waals surface area contributed by atoms with Crippen LogP contribution in [0, 0.1) is 6.92 Å². The molecule has 4 aromatic rings. The van der Waals surface area contributed by atoms with Crippen LogP contribution in [0.5, 0.6) is 5.75 Å². The lowest BCUT2D eigenvalue weighted by atomic mass is 10.0. The lowest BCUT2D eigenvalue weighted by Gasteiger charge is -2.09. The van der Waals surface area contributed by atoms with Crippen molar-refractivity contribution >= 4 is 34.5 Å². The molecule has 2 aromatic heterocycles. The summed E-state index contributed by atoms with van der Waals surface area (Å²) in [5.41, 5.74) is 3.97. The first-order valence-electron chi connectivity index (χ1n) is 9.34. The predicted octanol–water partition coefficient (Wildman–Crippen LogP) is 5.40. The SMILES string of the molecule is COc1ccc(-c2cc3ccccn3c2C(=O)C(=O)Nc2cccc(C)c2)cc1Cl. The van der Waals surface area contributed by atoms with E-state index in [0.29, 0.717) is 22.0 Å². The summed E-state index contributed by atoms with van der Waals surface area (Å²) in [7, 11) is 1.54. The molecule has 0 radical (unpaired) electrons. The molecule has 6 heteroatoms. The fraction of sp³-hybridized carbons (Fsp3) is 0.0833. The van der Waals surface area contributed by atoms with E-state index in [2.05, 4.69) is 5.32 Å². The molecule has 0 aliphatic rings. The number of ether oxygens (including phenoxy) is 1. The molecule has 0 fully saturated rings. The Morgan fingerprint density at radius 2 is 1.83 bits per heavy atom. The third-order valence-corrected chi connectivity index (χ3v) is 5.14. The van der Waals surface area contributed by atoms with Gasteiger partial charge in [0.2, 0.25) is 0 Å². The number of hydrogen-bond acceptors (Lipinski definition) is 3. The van der Waals surface area contributed by atoms with Crippen molar-refractivity contribution in [3.05, 3.63) is 89.2 Å². The number of ketones is 1. The lowest BCUT2D eigenvalue weighted by Crippen LogP contribution is -2.24. The van der Waals surface area contributed by atoms with Crippen LogP contribution in [0.15, 0.2) is 72.9 Å². The molecule has 1 N–H and O–H groups in total. The number of halogens is 1. The molecule has 0 aliphatic heterocycles. The van der Waals surface area contributed by atoms with Gasteiger partial charge < -0.3 is 14.5 Å². The van der Waals surface area contributed by atoms with Crippen LogP contribution in [0.1, 0.15) is 16.1 Å². The van der Waals surface area contributed by atoms with Gasteiger partial charge >= 0.3 is 0 Å². The van der Waals surface area contributed by atoms with Crippen molar-refractivity contribution in [2.45, 2.75) is 6.92 Å². The number of carbonyl (C=O) groups is 2. The number of methoxy groups -OCH3 is 1. The molecule has 1 amide bonds. The largest absolute Gasteiger partial charge is 0.495 e. The maximum Gasteiger partial charge on any atom is 0.298 e. The standard InChI is InChI=1S/C24H19ClN2O3/c1-15-6-5-7-17(12-15)26-24(29)23(28)22-19(14-18-8-3-4-11-27(18)22)16-9-10-21(30-2)20(25)13-16/h3-14H,1-2H3,(H,26,29). The van der Waals surface area contributed by atoms with E-state index in [0.717, 1.165) is 16.6 Å². The summed E-state index contributed by atoms with van der Waals surface area (Å²) in [5.74, 6) is -0.802. The Morgan fingerprint density at radius 1 is 1.00 bits per heavy atom. The number of aryl methyl sites for hydroxylation is 1. The van der Waals surface area contributed by atoms with Crippen LogP contribution in [-0.4, -0.2) is 23.2 Å². The van der Waals surface area contributed by atoms with Gasteiger partial charge in [0.25, 0.3) is 11.7 Å². The number of amides is 1. The number of anilines is 1. The number of rotatable bonds is 5. The van der Waals surface area contributed by atoms with Gasteiger partial charge in [0, 0.05) is 23.0 Å². The highest BCUT2D eigenvalue weighted by Crippen LogP contribution is 2.34. The average molecular weight is 419 g/mol. The number of fused-ring (bicyclic) bond motifs is 1. The summed E-state index contributed by atoms with van der Waals surface area (Å²) in [6.45, 7) is 1.92. The van der Waals surface area contributed by atoms with E-state index in [1.807, 2.05) is 55.5 Å². The second-order valence-electron chi connectivity index (χ2n) is 6.90. The van der Waals surface area contributed by atoms with Crippen molar-refractivity contribution in [1.82, 2.24) is 4.40 Å². The van der Waals surface area contributed by atoms with Crippen LogP contribution in [0.2, 0.25) is 5.02 Å². The first kappa shape index (κ1) is 19.7. The summed E-state index contributed by atoms with van der Waals surface area (Å²) >= 11 is 6.30. The highest BCUT2D eigenvalue weighted by atomic mass is 35.5. The van der Waals surface area contributed by atoms with Crippen LogP contribution in [0.3, 0.4) is 0 Å². The summed E-state index contributed by atoms with van der Waals surface area (Å²) in [4.78, 5) is 26.0. The van der Waals surface area contributed by atoms with Crippen molar-refractivity contribution in [2.24, 2.45) is 0 Å². The number of aromatic nitrogens is 1. The number of nitrogens with zero attached hydrogens (tertiary/aromatic N) is 1. The zero-order valence-corrected chi connectivity index (χ0v) is 17.2. The highest BCUT2D eigenvalue weighted by Gasteiger charge is 2.25. The summed E-state index contributed by atoms with van der Waals surface area (Å²) in [6.07, 6.45) is 1.76. The van der Waals surface area contributed by atoms with Gasteiger partial charge in [-0.1, -0.05) is 35.9 Å². The van der Waals surface area contributed by atoms with E-state index >= 15 is 0 Å². The van der Waals surface area contributed by atoms with Crippen LogP contribution in [0.4, 0.5) is 5.69 Å². The van der Waals surface area contributed by atoms with Crippen molar-refractivity contribution in [2.75, 3.05) is 12.4 Å². The second kappa shape index (κ2) is 8.05. The minimum Gasteiger partial charge on any atom is -0.495 e. The van der Waals surface area contributed by atoms with Gasteiger partial charge in [-0.3, -0.25) is 9.59 Å². The molecule has 4 rings (SSSR count). The predicted molar refractivity (Wildman–Crippen MR) is 119 cm³/mol. The van der Waals surface area contributed by atoms with Crippen molar-refractivity contribution < 1.29 is 14.3 Å². The van der Waals surface area contributed by atoms with Gasteiger partial charge in [-0.05, 0) is 60.5 Å². The first-order chi connectivity index (χ1) is 14.5. The van der Waals surface area contributed by atoms with E-state index in [1.54, 1.807) is 28.8 Å². The fourth-order valence-electron chi connectivity index (χ4n) is 3.43. The van der Waals surface area contributed by atoms with Crippen LogP contribution in [0.25, 0.3) is 16.6 Å². The maximum absolute atomic E-state index is 13.2. The van der Waals surface area contributed by atoms with E-state index in [-0.39, 0.29) is 5.69 Å². The maximum atomic E-state index is 13.2. The van der Waals surface area contributed by atoms with Crippen LogP contribution < -0.4 is 10.1 Å². The monoisotopic (exact) mass is 418 g/mol. The van der Waals surface area contributed by atoms with Crippen molar-refractivity contribution in [3.8, 4) is 16.9 Å². The van der Waals surface area contributed by atoms with E-state index in [1.165, 1.54) is 7.11 Å². The molecule has 0 bridgehead atoms. The third kappa shape index (κ3) is 3.67. The van der Waals surface area contributed by atoms with Gasteiger partial charge in [-0.15, -0.1) is 0 Å². The fourth-order valence-corrected chi connectivity index (χ4v) is 3.69. The quantitative estimate of drug-likeness (QED) is 0.349. The molecular weight excluding hydrogens is 400 g/mol.